The Kier molecular flexibility index (Phi) is 4.55. The minimum Gasteiger partial charge on any atom is -0.327 e. The molecule has 6 heteroatoms. The smallest absolute Gasteiger partial charge is 0.254 e. The van der Waals surface area contributed by atoms with Crippen LogP contribution in [0.15, 0.2) is 48.5 Å². The Balaban J connectivity index is 1.76. The number of benzene rings is 2. The van der Waals surface area contributed by atoms with Gasteiger partial charge in [-0.25, -0.2) is 8.78 Å². The summed E-state index contributed by atoms with van der Waals surface area (Å²) in [6.45, 7) is 0.407. The summed E-state index contributed by atoms with van der Waals surface area (Å²) in [5.41, 5.74) is 0.271. The van der Waals surface area contributed by atoms with E-state index >= 15 is 0 Å². The molecule has 0 saturated carbocycles. The van der Waals surface area contributed by atoms with Gasteiger partial charge >= 0.3 is 0 Å². The van der Waals surface area contributed by atoms with Crippen LogP contribution in [0.2, 0.25) is 0 Å². The third-order valence-electron chi connectivity index (χ3n) is 4.02. The molecule has 1 saturated heterocycles. The molecule has 4 nitrogen and oxygen atoms in total. The van der Waals surface area contributed by atoms with Crippen molar-refractivity contribution in [3.8, 4) is 0 Å². The van der Waals surface area contributed by atoms with Crippen molar-refractivity contribution in [1.82, 2.24) is 4.90 Å². The van der Waals surface area contributed by atoms with Crippen LogP contribution in [0.4, 0.5) is 14.5 Å². The molecule has 1 N–H and O–H groups in total. The second kappa shape index (κ2) is 6.78. The fourth-order valence-electron chi connectivity index (χ4n) is 2.85. The highest BCUT2D eigenvalue weighted by molar-refractivity contribution is 6.01. The zero-order chi connectivity index (χ0) is 17.1. The standard InChI is InChI=1S/C18H16F2N2O2/c19-13-6-3-5-12(11-13)18(24)22-10-4-9-16(22)17(23)21-15-8-2-1-7-14(15)20/h1-3,5-8,11,16H,4,9-10H2,(H,21,23)/t16-/m1/s1. The molecular formula is C18H16F2N2O2. The maximum absolute atomic E-state index is 13.7. The first-order valence-corrected chi connectivity index (χ1v) is 7.68. The fourth-order valence-corrected chi connectivity index (χ4v) is 2.85. The molecule has 3 rings (SSSR count). The Morgan fingerprint density at radius 2 is 1.88 bits per heavy atom. The Labute approximate surface area is 138 Å². The van der Waals surface area contributed by atoms with Crippen molar-refractivity contribution in [3.63, 3.8) is 0 Å². The first-order chi connectivity index (χ1) is 11.6. The van der Waals surface area contributed by atoms with E-state index in [0.29, 0.717) is 19.4 Å². The van der Waals surface area contributed by atoms with Crippen LogP contribution in [0.3, 0.4) is 0 Å². The lowest BCUT2D eigenvalue weighted by Crippen LogP contribution is -2.43. The molecule has 1 heterocycles. The topological polar surface area (TPSA) is 49.4 Å². The lowest BCUT2D eigenvalue weighted by atomic mass is 10.1. The van der Waals surface area contributed by atoms with Crippen molar-refractivity contribution in [2.75, 3.05) is 11.9 Å². The van der Waals surface area contributed by atoms with Crippen LogP contribution in [-0.4, -0.2) is 29.3 Å². The van der Waals surface area contributed by atoms with E-state index in [2.05, 4.69) is 5.32 Å². The highest BCUT2D eigenvalue weighted by Gasteiger charge is 2.34. The molecule has 1 aliphatic heterocycles. The molecule has 124 valence electrons. The van der Waals surface area contributed by atoms with E-state index in [1.165, 1.54) is 41.3 Å². The summed E-state index contributed by atoms with van der Waals surface area (Å²) in [7, 11) is 0. The normalized spacial score (nSPS) is 16.9. The van der Waals surface area contributed by atoms with Crippen molar-refractivity contribution in [2.24, 2.45) is 0 Å². The second-order valence-corrected chi connectivity index (χ2v) is 5.64. The predicted octanol–water partition coefficient (Wildman–Crippen LogP) is 3.21. The molecule has 24 heavy (non-hydrogen) atoms. The lowest BCUT2D eigenvalue weighted by molar-refractivity contribution is -0.119. The van der Waals surface area contributed by atoms with E-state index < -0.39 is 29.5 Å². The molecule has 1 aliphatic rings. The van der Waals surface area contributed by atoms with Gasteiger partial charge in [-0.3, -0.25) is 9.59 Å². The van der Waals surface area contributed by atoms with Gasteiger partial charge in [0.05, 0.1) is 5.69 Å². The average Bonchev–Trinajstić information content (AvgIpc) is 3.06. The van der Waals surface area contributed by atoms with Crippen molar-refractivity contribution in [3.05, 3.63) is 65.7 Å². The van der Waals surface area contributed by atoms with Crippen LogP contribution >= 0.6 is 0 Å². The summed E-state index contributed by atoms with van der Waals surface area (Å²) < 4.78 is 27.0. The Hall–Kier alpha value is -2.76. The van der Waals surface area contributed by atoms with Gasteiger partial charge in [0.15, 0.2) is 0 Å². The summed E-state index contributed by atoms with van der Waals surface area (Å²) in [5.74, 6) is -1.89. The summed E-state index contributed by atoms with van der Waals surface area (Å²) in [5, 5.41) is 2.52. The third kappa shape index (κ3) is 3.27. The summed E-state index contributed by atoms with van der Waals surface area (Å²) >= 11 is 0. The molecule has 0 radical (unpaired) electrons. The largest absolute Gasteiger partial charge is 0.327 e. The van der Waals surface area contributed by atoms with Crippen molar-refractivity contribution >= 4 is 17.5 Å². The fraction of sp³-hybridized carbons (Fsp3) is 0.222. The van der Waals surface area contributed by atoms with Gasteiger partial charge in [-0.05, 0) is 43.2 Å². The number of carbonyl (C=O) groups is 2. The molecule has 0 spiro atoms. The van der Waals surface area contributed by atoms with Gasteiger partial charge in [0.2, 0.25) is 5.91 Å². The van der Waals surface area contributed by atoms with Crippen LogP contribution in [0, 0.1) is 11.6 Å². The number of rotatable bonds is 3. The number of amides is 2. The number of anilines is 1. The van der Waals surface area contributed by atoms with Gasteiger partial charge < -0.3 is 10.2 Å². The van der Waals surface area contributed by atoms with E-state index in [1.807, 2.05) is 0 Å². The first kappa shape index (κ1) is 16.1. The molecule has 2 amide bonds. The molecular weight excluding hydrogens is 314 g/mol. The molecule has 1 fully saturated rings. The highest BCUT2D eigenvalue weighted by Crippen LogP contribution is 2.22. The van der Waals surface area contributed by atoms with E-state index in [1.54, 1.807) is 6.07 Å². The number of halogens is 2. The molecule has 0 aromatic heterocycles. The summed E-state index contributed by atoms with van der Waals surface area (Å²) in [6, 6.07) is 10.5. The van der Waals surface area contributed by atoms with Crippen molar-refractivity contribution < 1.29 is 18.4 Å². The van der Waals surface area contributed by atoms with Gasteiger partial charge in [0.1, 0.15) is 17.7 Å². The average molecular weight is 330 g/mol. The van der Waals surface area contributed by atoms with Crippen molar-refractivity contribution in [1.29, 1.82) is 0 Å². The van der Waals surface area contributed by atoms with E-state index in [9.17, 15) is 18.4 Å². The summed E-state index contributed by atoms with van der Waals surface area (Å²) in [4.78, 5) is 26.4. The molecule has 0 unspecified atom stereocenters. The van der Waals surface area contributed by atoms with Crippen LogP contribution in [0.1, 0.15) is 23.2 Å². The molecule has 1 atom stereocenters. The number of hydrogen-bond donors (Lipinski definition) is 1. The van der Waals surface area contributed by atoms with Gasteiger partial charge in [-0.1, -0.05) is 18.2 Å². The van der Waals surface area contributed by atoms with Crippen LogP contribution in [0.25, 0.3) is 0 Å². The van der Waals surface area contributed by atoms with E-state index in [-0.39, 0.29) is 11.3 Å². The van der Waals surface area contributed by atoms with Gasteiger partial charge in [-0.2, -0.15) is 0 Å². The maximum atomic E-state index is 13.7. The Bertz CT molecular complexity index is 779. The number of hydrogen-bond acceptors (Lipinski definition) is 2. The molecule has 2 aromatic carbocycles. The van der Waals surface area contributed by atoms with Gasteiger partial charge in [-0.15, -0.1) is 0 Å². The maximum Gasteiger partial charge on any atom is 0.254 e. The number of carbonyl (C=O) groups excluding carboxylic acids is 2. The highest BCUT2D eigenvalue weighted by atomic mass is 19.1. The lowest BCUT2D eigenvalue weighted by Gasteiger charge is -2.24. The number of nitrogens with one attached hydrogen (secondary N) is 1. The van der Waals surface area contributed by atoms with Gasteiger partial charge in [0, 0.05) is 12.1 Å². The number of likely N-dealkylation sites (tertiary alicyclic amines) is 1. The minimum atomic E-state index is -0.694. The molecule has 2 aromatic rings. The monoisotopic (exact) mass is 330 g/mol. The predicted molar refractivity (Wildman–Crippen MR) is 85.5 cm³/mol. The van der Waals surface area contributed by atoms with Crippen molar-refractivity contribution in [2.45, 2.75) is 18.9 Å². The third-order valence-corrected chi connectivity index (χ3v) is 4.02. The number of para-hydroxylation sites is 1. The van der Waals surface area contributed by atoms with E-state index in [4.69, 9.17) is 0 Å². The molecule has 0 bridgehead atoms. The van der Waals surface area contributed by atoms with E-state index in [0.717, 1.165) is 6.07 Å². The van der Waals surface area contributed by atoms with Crippen LogP contribution < -0.4 is 5.32 Å². The SMILES string of the molecule is O=C(Nc1ccccc1F)[C@H]1CCCN1C(=O)c1cccc(F)c1. The quantitative estimate of drug-likeness (QED) is 0.939. The minimum absolute atomic E-state index is 0.0764. The summed E-state index contributed by atoms with van der Waals surface area (Å²) in [6.07, 6.45) is 1.15. The van der Waals surface area contributed by atoms with Crippen LogP contribution in [-0.2, 0) is 4.79 Å². The molecule has 0 aliphatic carbocycles. The first-order valence-electron chi connectivity index (χ1n) is 7.68. The second-order valence-electron chi connectivity index (χ2n) is 5.64. The number of nitrogens with zero attached hydrogens (tertiary/aromatic N) is 1. The van der Waals surface area contributed by atoms with Crippen LogP contribution in [0.5, 0.6) is 0 Å². The zero-order valence-corrected chi connectivity index (χ0v) is 12.8. The van der Waals surface area contributed by atoms with Gasteiger partial charge in [0.25, 0.3) is 5.91 Å². The zero-order valence-electron chi connectivity index (χ0n) is 12.8. The Morgan fingerprint density at radius 1 is 1.08 bits per heavy atom. The Morgan fingerprint density at radius 3 is 2.62 bits per heavy atom.